The zero-order chi connectivity index (χ0) is 14.5. The van der Waals surface area contributed by atoms with Gasteiger partial charge >= 0.3 is 0 Å². The zero-order valence-corrected chi connectivity index (χ0v) is 11.7. The highest BCUT2D eigenvalue weighted by molar-refractivity contribution is 5.95. The van der Waals surface area contributed by atoms with Crippen LogP contribution in [0.1, 0.15) is 13.3 Å². The van der Waals surface area contributed by atoms with E-state index in [-0.39, 0.29) is 11.8 Å². The van der Waals surface area contributed by atoms with Crippen molar-refractivity contribution < 1.29 is 14.3 Å². The van der Waals surface area contributed by atoms with E-state index in [9.17, 15) is 9.59 Å². The normalized spacial score (nSPS) is 14.3. The number of amides is 2. The third-order valence-electron chi connectivity index (χ3n) is 3.13. The van der Waals surface area contributed by atoms with Crippen LogP contribution in [0.25, 0.3) is 0 Å². The standard InChI is InChI=1S/C14H19N3O3/c1-9(18)16-11-3-4-13(20-2)12(6-11)17-14(19)5-10-7-15-8-10/h3-4,6,10,15H,5,7-8H2,1-2H3,(H,16,18)(H,17,19). The number of nitrogens with one attached hydrogen (secondary N) is 3. The molecule has 0 spiro atoms. The second kappa shape index (κ2) is 6.38. The summed E-state index contributed by atoms with van der Waals surface area (Å²) in [6.45, 7) is 3.21. The molecule has 108 valence electrons. The molecule has 2 rings (SSSR count). The molecule has 20 heavy (non-hydrogen) atoms. The van der Waals surface area contributed by atoms with Gasteiger partial charge in [0, 0.05) is 19.0 Å². The van der Waals surface area contributed by atoms with Crippen molar-refractivity contribution >= 4 is 23.2 Å². The summed E-state index contributed by atoms with van der Waals surface area (Å²) < 4.78 is 5.21. The van der Waals surface area contributed by atoms with E-state index in [4.69, 9.17) is 4.74 Å². The van der Waals surface area contributed by atoms with Crippen molar-refractivity contribution in [3.63, 3.8) is 0 Å². The highest BCUT2D eigenvalue weighted by atomic mass is 16.5. The number of benzene rings is 1. The van der Waals surface area contributed by atoms with Crippen LogP contribution < -0.4 is 20.7 Å². The molecule has 0 aromatic heterocycles. The van der Waals surface area contributed by atoms with Gasteiger partial charge in [-0.3, -0.25) is 9.59 Å². The molecule has 0 unspecified atom stereocenters. The summed E-state index contributed by atoms with van der Waals surface area (Å²) in [4.78, 5) is 23.0. The molecule has 0 atom stereocenters. The Morgan fingerprint density at radius 1 is 1.35 bits per heavy atom. The van der Waals surface area contributed by atoms with Gasteiger partial charge in [-0.15, -0.1) is 0 Å². The third kappa shape index (κ3) is 3.71. The van der Waals surface area contributed by atoms with E-state index in [1.165, 1.54) is 6.92 Å². The Morgan fingerprint density at radius 3 is 2.65 bits per heavy atom. The molecule has 2 amide bonds. The smallest absolute Gasteiger partial charge is 0.224 e. The molecule has 0 saturated carbocycles. The summed E-state index contributed by atoms with van der Waals surface area (Å²) in [5, 5.41) is 8.64. The van der Waals surface area contributed by atoms with E-state index < -0.39 is 0 Å². The maximum Gasteiger partial charge on any atom is 0.224 e. The minimum absolute atomic E-state index is 0.0465. The topological polar surface area (TPSA) is 79.5 Å². The highest BCUT2D eigenvalue weighted by Crippen LogP contribution is 2.28. The molecule has 3 N–H and O–H groups in total. The van der Waals surface area contributed by atoms with Gasteiger partial charge in [-0.2, -0.15) is 0 Å². The Labute approximate surface area is 117 Å². The van der Waals surface area contributed by atoms with Crippen LogP contribution in [0, 0.1) is 5.92 Å². The molecule has 1 aromatic rings. The van der Waals surface area contributed by atoms with Crippen LogP contribution in [0.2, 0.25) is 0 Å². The second-order valence-electron chi connectivity index (χ2n) is 4.87. The van der Waals surface area contributed by atoms with E-state index in [0.29, 0.717) is 29.5 Å². The van der Waals surface area contributed by atoms with Crippen molar-refractivity contribution in [2.24, 2.45) is 5.92 Å². The van der Waals surface area contributed by atoms with Crippen LogP contribution in [-0.2, 0) is 9.59 Å². The lowest BCUT2D eigenvalue weighted by Crippen LogP contribution is -2.43. The lowest BCUT2D eigenvalue weighted by Gasteiger charge is -2.26. The van der Waals surface area contributed by atoms with Crippen LogP contribution in [0.3, 0.4) is 0 Å². The Morgan fingerprint density at radius 2 is 2.10 bits per heavy atom. The highest BCUT2D eigenvalue weighted by Gasteiger charge is 2.20. The van der Waals surface area contributed by atoms with E-state index in [2.05, 4.69) is 16.0 Å². The molecule has 0 radical (unpaired) electrons. The quantitative estimate of drug-likeness (QED) is 0.755. The largest absolute Gasteiger partial charge is 0.495 e. The summed E-state index contributed by atoms with van der Waals surface area (Å²) in [6, 6.07) is 5.13. The summed E-state index contributed by atoms with van der Waals surface area (Å²) in [7, 11) is 1.54. The van der Waals surface area contributed by atoms with Gasteiger partial charge in [0.25, 0.3) is 0 Å². The molecule has 1 aliphatic rings. The van der Waals surface area contributed by atoms with Crippen LogP contribution in [0.4, 0.5) is 11.4 Å². The molecule has 6 nitrogen and oxygen atoms in total. The molecular formula is C14H19N3O3. The average molecular weight is 277 g/mol. The average Bonchev–Trinajstić information content (AvgIpc) is 2.33. The van der Waals surface area contributed by atoms with E-state index in [1.807, 2.05) is 0 Å². The molecule has 1 aromatic carbocycles. The fraction of sp³-hybridized carbons (Fsp3) is 0.429. The number of rotatable bonds is 5. The van der Waals surface area contributed by atoms with Crippen LogP contribution in [0.5, 0.6) is 5.75 Å². The molecule has 6 heteroatoms. The van der Waals surface area contributed by atoms with Gasteiger partial charge in [-0.25, -0.2) is 0 Å². The van der Waals surface area contributed by atoms with E-state index in [1.54, 1.807) is 25.3 Å². The van der Waals surface area contributed by atoms with Crippen molar-refractivity contribution in [2.45, 2.75) is 13.3 Å². The maximum absolute atomic E-state index is 11.9. The SMILES string of the molecule is COc1ccc(NC(C)=O)cc1NC(=O)CC1CNC1. The first kappa shape index (κ1) is 14.3. The van der Waals surface area contributed by atoms with Gasteiger partial charge in [0.1, 0.15) is 5.75 Å². The van der Waals surface area contributed by atoms with E-state index >= 15 is 0 Å². The number of carbonyl (C=O) groups is 2. The minimum Gasteiger partial charge on any atom is -0.495 e. The van der Waals surface area contributed by atoms with Gasteiger partial charge in [0.05, 0.1) is 12.8 Å². The number of anilines is 2. The van der Waals surface area contributed by atoms with Crippen LogP contribution in [-0.4, -0.2) is 32.0 Å². The monoisotopic (exact) mass is 277 g/mol. The molecule has 1 aliphatic heterocycles. The molecule has 1 saturated heterocycles. The fourth-order valence-electron chi connectivity index (χ4n) is 2.04. The molecule has 1 fully saturated rings. The van der Waals surface area contributed by atoms with Crippen molar-refractivity contribution in [1.82, 2.24) is 5.32 Å². The number of ether oxygens (including phenoxy) is 1. The predicted octanol–water partition coefficient (Wildman–Crippen LogP) is 1.20. The first-order valence-corrected chi connectivity index (χ1v) is 6.54. The summed E-state index contributed by atoms with van der Waals surface area (Å²) >= 11 is 0. The Hall–Kier alpha value is -2.08. The van der Waals surface area contributed by atoms with Gasteiger partial charge < -0.3 is 20.7 Å². The van der Waals surface area contributed by atoms with E-state index in [0.717, 1.165) is 13.1 Å². The van der Waals surface area contributed by atoms with Crippen molar-refractivity contribution in [3.05, 3.63) is 18.2 Å². The number of methoxy groups -OCH3 is 1. The predicted molar refractivity (Wildman–Crippen MR) is 76.9 cm³/mol. The maximum atomic E-state index is 11.9. The van der Waals surface area contributed by atoms with Gasteiger partial charge in [0.15, 0.2) is 0 Å². The minimum atomic E-state index is -0.159. The second-order valence-corrected chi connectivity index (χ2v) is 4.87. The molecular weight excluding hydrogens is 258 g/mol. The van der Waals surface area contributed by atoms with Crippen molar-refractivity contribution in [3.8, 4) is 5.75 Å². The van der Waals surface area contributed by atoms with Gasteiger partial charge in [-0.05, 0) is 37.2 Å². The zero-order valence-electron chi connectivity index (χ0n) is 11.7. The van der Waals surface area contributed by atoms with Gasteiger partial charge in [0.2, 0.25) is 11.8 Å². The summed E-state index contributed by atoms with van der Waals surface area (Å²) in [6.07, 6.45) is 0.487. The molecule has 1 heterocycles. The van der Waals surface area contributed by atoms with Gasteiger partial charge in [-0.1, -0.05) is 0 Å². The fourth-order valence-corrected chi connectivity index (χ4v) is 2.04. The Kier molecular flexibility index (Phi) is 4.57. The summed E-state index contributed by atoms with van der Waals surface area (Å²) in [5.41, 5.74) is 1.19. The Balaban J connectivity index is 2.06. The number of carbonyl (C=O) groups excluding carboxylic acids is 2. The number of hydrogen-bond acceptors (Lipinski definition) is 4. The Bertz CT molecular complexity index is 512. The lowest BCUT2D eigenvalue weighted by molar-refractivity contribution is -0.117. The third-order valence-corrected chi connectivity index (χ3v) is 3.13. The molecule has 0 bridgehead atoms. The lowest BCUT2D eigenvalue weighted by atomic mass is 9.99. The van der Waals surface area contributed by atoms with Crippen LogP contribution in [0.15, 0.2) is 18.2 Å². The van der Waals surface area contributed by atoms with Crippen molar-refractivity contribution in [1.29, 1.82) is 0 Å². The first-order valence-electron chi connectivity index (χ1n) is 6.54. The molecule has 0 aliphatic carbocycles. The van der Waals surface area contributed by atoms with Crippen LogP contribution >= 0.6 is 0 Å². The van der Waals surface area contributed by atoms with Crippen molar-refractivity contribution in [2.75, 3.05) is 30.8 Å². The summed E-state index contributed by atoms with van der Waals surface area (Å²) in [5.74, 6) is 0.765. The number of hydrogen-bond donors (Lipinski definition) is 3. The first-order chi connectivity index (χ1) is 9.58.